The lowest BCUT2D eigenvalue weighted by atomic mass is 9.85. The Labute approximate surface area is 188 Å². The highest BCUT2D eigenvalue weighted by Gasteiger charge is 2.29. The van der Waals surface area contributed by atoms with Crippen molar-refractivity contribution in [2.45, 2.75) is 81.2 Å². The van der Waals surface area contributed by atoms with E-state index in [9.17, 15) is 9.59 Å². The number of hydrogen-bond acceptors (Lipinski definition) is 3. The van der Waals surface area contributed by atoms with Crippen molar-refractivity contribution in [3.05, 3.63) is 41.7 Å². The van der Waals surface area contributed by atoms with Crippen LogP contribution in [-0.2, 0) is 17.8 Å². The van der Waals surface area contributed by atoms with E-state index in [2.05, 4.69) is 49.5 Å². The molecule has 31 heavy (non-hydrogen) atoms. The van der Waals surface area contributed by atoms with Gasteiger partial charge in [-0.1, -0.05) is 78.8 Å². The van der Waals surface area contributed by atoms with Crippen LogP contribution in [0.4, 0.5) is 0 Å². The lowest BCUT2D eigenvalue weighted by Gasteiger charge is -2.21. The highest BCUT2D eigenvalue weighted by Crippen LogP contribution is 2.34. The summed E-state index contributed by atoms with van der Waals surface area (Å²) in [6.07, 6.45) is 2.88. The maximum absolute atomic E-state index is 12.6. The summed E-state index contributed by atoms with van der Waals surface area (Å²) in [5.41, 5.74) is 2.68. The van der Waals surface area contributed by atoms with Gasteiger partial charge >= 0.3 is 0 Å². The maximum Gasteiger partial charge on any atom is 0.272 e. The molecular weight excluding hydrogens is 386 g/mol. The fraction of sp³-hybridized carbons (Fsp3) is 0.577. The van der Waals surface area contributed by atoms with Crippen LogP contribution in [0.5, 0.6) is 0 Å². The molecule has 2 heterocycles. The molecule has 2 aromatic rings. The predicted octanol–water partition coefficient (Wildman–Crippen LogP) is 5.92. The molecule has 0 radical (unpaired) electrons. The average Bonchev–Trinajstić information content (AvgIpc) is 3.01. The van der Waals surface area contributed by atoms with E-state index < -0.39 is 0 Å². The molecule has 0 saturated carbocycles. The average molecular weight is 428 g/mol. The molecule has 0 aliphatic carbocycles. The second kappa shape index (κ2) is 12.4. The molecule has 1 aliphatic rings. The quantitative estimate of drug-likeness (QED) is 0.659. The van der Waals surface area contributed by atoms with Crippen molar-refractivity contribution in [1.29, 1.82) is 0 Å². The zero-order chi connectivity index (χ0) is 23.6. The smallest absolute Gasteiger partial charge is 0.272 e. The van der Waals surface area contributed by atoms with Crippen molar-refractivity contribution in [3.8, 4) is 11.4 Å². The normalized spacial score (nSPS) is 14.2. The number of hydrogen-bond donors (Lipinski definition) is 1. The van der Waals surface area contributed by atoms with Gasteiger partial charge in [0, 0.05) is 12.1 Å². The SMILES string of the molecule is CC.CC(=O)CNC(=O)c1nc(-c2ccccc2)n2c1CCC(C)(C)CC2.CC(C)C. The van der Waals surface area contributed by atoms with E-state index in [1.807, 2.05) is 44.2 Å². The van der Waals surface area contributed by atoms with Crippen molar-refractivity contribution < 1.29 is 9.59 Å². The Bertz CT molecular complexity index is 833. The Hall–Kier alpha value is -2.43. The molecule has 0 bridgehead atoms. The van der Waals surface area contributed by atoms with Gasteiger partial charge in [0.2, 0.25) is 0 Å². The van der Waals surface area contributed by atoms with Crippen LogP contribution >= 0.6 is 0 Å². The fourth-order valence-electron chi connectivity index (χ4n) is 3.25. The first kappa shape index (κ1) is 26.6. The fourth-order valence-corrected chi connectivity index (χ4v) is 3.25. The van der Waals surface area contributed by atoms with E-state index in [0.717, 1.165) is 48.8 Å². The second-order valence-corrected chi connectivity index (χ2v) is 9.28. The molecule has 0 unspecified atom stereocenters. The van der Waals surface area contributed by atoms with Crippen LogP contribution in [0.15, 0.2) is 30.3 Å². The first-order chi connectivity index (χ1) is 14.6. The van der Waals surface area contributed by atoms with Gasteiger partial charge in [-0.2, -0.15) is 0 Å². The van der Waals surface area contributed by atoms with Gasteiger partial charge in [0.25, 0.3) is 5.91 Å². The molecule has 172 valence electrons. The van der Waals surface area contributed by atoms with E-state index in [1.54, 1.807) is 0 Å². The van der Waals surface area contributed by atoms with Crippen molar-refractivity contribution in [2.24, 2.45) is 11.3 Å². The lowest BCUT2D eigenvalue weighted by molar-refractivity contribution is -0.116. The number of nitrogens with zero attached hydrogens (tertiary/aromatic N) is 2. The molecule has 0 fully saturated rings. The van der Waals surface area contributed by atoms with Gasteiger partial charge < -0.3 is 9.88 Å². The number of carbonyl (C=O) groups excluding carboxylic acids is 2. The summed E-state index contributed by atoms with van der Waals surface area (Å²) in [6.45, 7) is 17.4. The Balaban J connectivity index is 0.000000720. The number of rotatable bonds is 4. The highest BCUT2D eigenvalue weighted by atomic mass is 16.2. The molecule has 5 heteroatoms. The largest absolute Gasteiger partial charge is 0.344 e. The Morgan fingerprint density at radius 1 is 1.10 bits per heavy atom. The summed E-state index contributed by atoms with van der Waals surface area (Å²) in [6, 6.07) is 9.96. The number of fused-ring (bicyclic) bond motifs is 1. The molecule has 1 aliphatic heterocycles. The van der Waals surface area contributed by atoms with Crippen LogP contribution in [0, 0.1) is 11.3 Å². The second-order valence-electron chi connectivity index (χ2n) is 9.28. The lowest BCUT2D eigenvalue weighted by Crippen LogP contribution is -2.29. The number of carbonyl (C=O) groups is 2. The zero-order valence-electron chi connectivity index (χ0n) is 20.7. The highest BCUT2D eigenvalue weighted by molar-refractivity contribution is 5.96. The van der Waals surface area contributed by atoms with Crippen LogP contribution in [0.1, 0.15) is 84.4 Å². The topological polar surface area (TPSA) is 64.0 Å². The number of Topliss-reactive ketones (excluding diaryl/α,β-unsaturated/α-hetero) is 1. The van der Waals surface area contributed by atoms with E-state index in [-0.39, 0.29) is 23.7 Å². The maximum atomic E-state index is 12.6. The van der Waals surface area contributed by atoms with Crippen LogP contribution in [0.3, 0.4) is 0 Å². The van der Waals surface area contributed by atoms with Gasteiger partial charge in [0.1, 0.15) is 17.3 Å². The third kappa shape index (κ3) is 8.31. The van der Waals surface area contributed by atoms with Gasteiger partial charge in [0.15, 0.2) is 0 Å². The van der Waals surface area contributed by atoms with E-state index >= 15 is 0 Å². The number of benzene rings is 1. The zero-order valence-corrected chi connectivity index (χ0v) is 20.7. The first-order valence-electron chi connectivity index (χ1n) is 11.5. The molecule has 1 amide bonds. The molecule has 5 nitrogen and oxygen atoms in total. The first-order valence-corrected chi connectivity index (χ1v) is 11.5. The van der Waals surface area contributed by atoms with E-state index in [0.29, 0.717) is 5.69 Å². The summed E-state index contributed by atoms with van der Waals surface area (Å²) in [4.78, 5) is 28.5. The minimum absolute atomic E-state index is 0.0390. The summed E-state index contributed by atoms with van der Waals surface area (Å²) in [5, 5.41) is 2.69. The molecular formula is C26H41N3O2. The monoisotopic (exact) mass is 427 g/mol. The standard InChI is InChI=1S/C20H25N3O2.C4H10.C2H6/c1-14(24)13-21-19(25)17-16-9-10-20(2,3)11-12-23(16)18(22-17)15-7-5-4-6-8-15;1-4(2)3;1-2/h4-8H,9-13H2,1-3H3,(H,21,25);4H,1-3H3;1-2H3. The van der Waals surface area contributed by atoms with E-state index in [4.69, 9.17) is 0 Å². The summed E-state index contributed by atoms with van der Waals surface area (Å²) >= 11 is 0. The van der Waals surface area contributed by atoms with Gasteiger partial charge in [-0.3, -0.25) is 9.59 Å². The van der Waals surface area contributed by atoms with Crippen molar-refractivity contribution >= 4 is 11.7 Å². The third-order valence-corrected chi connectivity index (χ3v) is 4.87. The van der Waals surface area contributed by atoms with Crippen molar-refractivity contribution in [1.82, 2.24) is 14.9 Å². The Morgan fingerprint density at radius 3 is 2.23 bits per heavy atom. The van der Waals surface area contributed by atoms with E-state index in [1.165, 1.54) is 6.92 Å². The van der Waals surface area contributed by atoms with Gasteiger partial charge in [-0.05, 0) is 37.5 Å². The third-order valence-electron chi connectivity index (χ3n) is 4.87. The Kier molecular flexibility index (Phi) is 10.7. The molecule has 3 rings (SSSR count). The number of ketones is 1. The summed E-state index contributed by atoms with van der Waals surface area (Å²) in [5.74, 6) is 1.34. The molecule has 1 N–H and O–H groups in total. The molecule has 0 spiro atoms. The minimum Gasteiger partial charge on any atom is -0.344 e. The predicted molar refractivity (Wildman–Crippen MR) is 129 cm³/mol. The van der Waals surface area contributed by atoms with Crippen LogP contribution in [0.25, 0.3) is 11.4 Å². The number of aromatic nitrogens is 2. The van der Waals surface area contributed by atoms with Gasteiger partial charge in [0.05, 0.1) is 12.2 Å². The van der Waals surface area contributed by atoms with Crippen molar-refractivity contribution in [3.63, 3.8) is 0 Å². The number of nitrogens with one attached hydrogen (secondary N) is 1. The van der Waals surface area contributed by atoms with Crippen molar-refractivity contribution in [2.75, 3.05) is 6.54 Å². The minimum atomic E-state index is -0.263. The number of amides is 1. The van der Waals surface area contributed by atoms with Gasteiger partial charge in [-0.25, -0.2) is 4.98 Å². The Morgan fingerprint density at radius 2 is 1.68 bits per heavy atom. The molecule has 0 saturated heterocycles. The molecule has 1 aromatic heterocycles. The van der Waals surface area contributed by atoms with Crippen LogP contribution in [0.2, 0.25) is 0 Å². The van der Waals surface area contributed by atoms with Gasteiger partial charge in [-0.15, -0.1) is 0 Å². The summed E-state index contributed by atoms with van der Waals surface area (Å²) < 4.78 is 2.19. The number of imidazole rings is 1. The van der Waals surface area contributed by atoms with Crippen LogP contribution in [-0.4, -0.2) is 27.8 Å². The van der Waals surface area contributed by atoms with Crippen LogP contribution < -0.4 is 5.32 Å². The molecule has 0 atom stereocenters. The summed E-state index contributed by atoms with van der Waals surface area (Å²) in [7, 11) is 0. The molecule has 1 aromatic carbocycles.